The van der Waals surface area contributed by atoms with Gasteiger partial charge in [0.2, 0.25) is 0 Å². The summed E-state index contributed by atoms with van der Waals surface area (Å²) in [6, 6.07) is -0.0446. The summed E-state index contributed by atoms with van der Waals surface area (Å²) in [7, 11) is 3.44. The molecule has 0 fully saturated rings. The van der Waals surface area contributed by atoms with Crippen LogP contribution >= 0.6 is 0 Å². The minimum Gasteiger partial charge on any atom is -0.341 e. The molecule has 4 heteroatoms. The van der Waals surface area contributed by atoms with E-state index < -0.39 is 0 Å². The molecule has 60 valence electrons. The molecule has 10 heavy (non-hydrogen) atoms. The smallest absolute Gasteiger partial charge is 0.318 e. The highest BCUT2D eigenvalue weighted by molar-refractivity contribution is 5.73. The third-order valence-electron chi connectivity index (χ3n) is 1.23. The molecule has 0 aromatic rings. The van der Waals surface area contributed by atoms with Gasteiger partial charge in [0.25, 0.3) is 0 Å². The van der Waals surface area contributed by atoms with Gasteiger partial charge in [0, 0.05) is 13.6 Å². The fourth-order valence-electron chi connectivity index (χ4n) is 0.676. The largest absolute Gasteiger partial charge is 0.341 e. The number of amides is 2. The summed E-state index contributed by atoms with van der Waals surface area (Å²) in [5, 5.41) is 5.45. The van der Waals surface area contributed by atoms with E-state index in [0.29, 0.717) is 6.67 Å². The van der Waals surface area contributed by atoms with E-state index in [1.807, 2.05) is 14.0 Å². The third kappa shape index (κ3) is 2.68. The molecule has 0 radical (unpaired) electrons. The van der Waals surface area contributed by atoms with Crippen LogP contribution in [0.1, 0.15) is 6.92 Å². The molecule has 0 bridgehead atoms. The zero-order valence-electron chi connectivity index (χ0n) is 6.77. The van der Waals surface area contributed by atoms with Gasteiger partial charge in [-0.25, -0.2) is 4.79 Å². The van der Waals surface area contributed by atoms with Crippen molar-refractivity contribution in [2.24, 2.45) is 0 Å². The molecular weight excluding hydrogens is 130 g/mol. The molecule has 0 aromatic heterocycles. The number of hydrogen-bond acceptors (Lipinski definition) is 2. The number of carbonyl (C=O) groups excluding carboxylic acids is 1. The van der Waals surface area contributed by atoms with Crippen LogP contribution in [-0.2, 0) is 0 Å². The van der Waals surface area contributed by atoms with Crippen molar-refractivity contribution in [3.8, 4) is 0 Å². The van der Waals surface area contributed by atoms with E-state index in [2.05, 4.69) is 10.6 Å². The maximum atomic E-state index is 10.9. The molecule has 0 saturated carbocycles. The fraction of sp³-hybridized carbons (Fsp3) is 0.833. The van der Waals surface area contributed by atoms with Gasteiger partial charge < -0.3 is 15.5 Å². The summed E-state index contributed by atoms with van der Waals surface area (Å²) in [6.07, 6.45) is 0. The van der Waals surface area contributed by atoms with E-state index in [1.54, 1.807) is 11.9 Å². The van der Waals surface area contributed by atoms with Crippen molar-refractivity contribution in [3.05, 3.63) is 0 Å². The van der Waals surface area contributed by atoms with Crippen molar-refractivity contribution >= 4 is 6.03 Å². The van der Waals surface area contributed by atoms with Crippen LogP contribution in [-0.4, -0.2) is 38.2 Å². The molecule has 0 rings (SSSR count). The monoisotopic (exact) mass is 145 g/mol. The summed E-state index contributed by atoms with van der Waals surface area (Å²) in [5.41, 5.74) is 0. The number of rotatable bonds is 3. The highest BCUT2D eigenvalue weighted by Gasteiger charge is 2.05. The van der Waals surface area contributed by atoms with E-state index in [9.17, 15) is 4.79 Å². The summed E-state index contributed by atoms with van der Waals surface area (Å²) in [4.78, 5) is 12.6. The first kappa shape index (κ1) is 9.23. The Morgan fingerprint density at radius 3 is 2.40 bits per heavy atom. The van der Waals surface area contributed by atoms with Crippen LogP contribution in [0.2, 0.25) is 0 Å². The molecule has 0 aliphatic heterocycles. The Morgan fingerprint density at radius 2 is 2.10 bits per heavy atom. The Labute approximate surface area is 61.6 Å². The molecular formula is C6H15N3O. The normalized spacial score (nSPS) is 9.10. The van der Waals surface area contributed by atoms with Crippen LogP contribution in [0.15, 0.2) is 0 Å². The van der Waals surface area contributed by atoms with Gasteiger partial charge in [-0.2, -0.15) is 0 Å². The Hall–Kier alpha value is -0.770. The molecule has 0 aliphatic rings. The third-order valence-corrected chi connectivity index (χ3v) is 1.23. The molecule has 0 unspecified atom stereocenters. The fourth-order valence-corrected chi connectivity index (χ4v) is 0.676. The van der Waals surface area contributed by atoms with Crippen LogP contribution in [0.3, 0.4) is 0 Å². The van der Waals surface area contributed by atoms with Crippen LogP contribution in [0.4, 0.5) is 4.79 Å². The average molecular weight is 145 g/mol. The van der Waals surface area contributed by atoms with Gasteiger partial charge in [0.15, 0.2) is 0 Å². The second-order valence-electron chi connectivity index (χ2n) is 1.92. The van der Waals surface area contributed by atoms with Gasteiger partial charge in [-0.3, -0.25) is 0 Å². The zero-order chi connectivity index (χ0) is 7.98. The Bertz CT molecular complexity index is 105. The molecule has 2 amide bonds. The SMILES string of the molecule is CCN(CNC)C(=O)NC. The lowest BCUT2D eigenvalue weighted by molar-refractivity contribution is 0.200. The Balaban J connectivity index is 3.68. The number of urea groups is 1. The van der Waals surface area contributed by atoms with E-state index in [4.69, 9.17) is 0 Å². The quantitative estimate of drug-likeness (QED) is 0.541. The topological polar surface area (TPSA) is 44.4 Å². The Kier molecular flexibility index (Phi) is 4.66. The molecule has 0 spiro atoms. The lowest BCUT2D eigenvalue weighted by Gasteiger charge is -2.18. The molecule has 0 atom stereocenters. The van der Waals surface area contributed by atoms with E-state index in [0.717, 1.165) is 6.54 Å². The average Bonchev–Trinajstić information content (AvgIpc) is 1.99. The van der Waals surface area contributed by atoms with Crippen molar-refractivity contribution in [2.75, 3.05) is 27.3 Å². The van der Waals surface area contributed by atoms with Crippen molar-refractivity contribution in [2.45, 2.75) is 6.92 Å². The van der Waals surface area contributed by atoms with Gasteiger partial charge in [-0.1, -0.05) is 0 Å². The first-order valence-corrected chi connectivity index (χ1v) is 3.37. The zero-order valence-corrected chi connectivity index (χ0v) is 6.77. The maximum absolute atomic E-state index is 10.9. The molecule has 4 nitrogen and oxygen atoms in total. The van der Waals surface area contributed by atoms with Gasteiger partial charge in [-0.15, -0.1) is 0 Å². The number of hydrogen-bond donors (Lipinski definition) is 2. The van der Waals surface area contributed by atoms with Gasteiger partial charge in [0.05, 0.1) is 6.67 Å². The molecule has 0 saturated heterocycles. The molecule has 0 aliphatic carbocycles. The first-order chi connectivity index (χ1) is 4.76. The minimum absolute atomic E-state index is 0.0446. The number of nitrogens with zero attached hydrogens (tertiary/aromatic N) is 1. The van der Waals surface area contributed by atoms with Crippen LogP contribution in [0, 0.1) is 0 Å². The number of nitrogens with one attached hydrogen (secondary N) is 2. The van der Waals surface area contributed by atoms with E-state index in [1.165, 1.54) is 0 Å². The van der Waals surface area contributed by atoms with Crippen LogP contribution in [0.25, 0.3) is 0 Å². The molecule has 0 aromatic carbocycles. The van der Waals surface area contributed by atoms with Crippen molar-refractivity contribution in [3.63, 3.8) is 0 Å². The lowest BCUT2D eigenvalue weighted by atomic mass is 10.6. The van der Waals surface area contributed by atoms with Crippen molar-refractivity contribution in [1.82, 2.24) is 15.5 Å². The molecule has 0 heterocycles. The van der Waals surface area contributed by atoms with E-state index >= 15 is 0 Å². The van der Waals surface area contributed by atoms with Crippen molar-refractivity contribution in [1.29, 1.82) is 0 Å². The summed E-state index contributed by atoms with van der Waals surface area (Å²) in [5.74, 6) is 0. The number of carbonyl (C=O) groups is 1. The summed E-state index contributed by atoms with van der Waals surface area (Å²) in [6.45, 7) is 3.25. The van der Waals surface area contributed by atoms with Gasteiger partial charge in [0.1, 0.15) is 0 Å². The van der Waals surface area contributed by atoms with Crippen molar-refractivity contribution < 1.29 is 4.79 Å². The molecule has 2 N–H and O–H groups in total. The summed E-state index contributed by atoms with van der Waals surface area (Å²) < 4.78 is 0. The predicted molar refractivity (Wildman–Crippen MR) is 40.8 cm³/mol. The highest BCUT2D eigenvalue weighted by Crippen LogP contribution is 1.83. The highest BCUT2D eigenvalue weighted by atomic mass is 16.2. The minimum atomic E-state index is -0.0446. The van der Waals surface area contributed by atoms with Crippen LogP contribution in [0.5, 0.6) is 0 Å². The predicted octanol–water partition coefficient (Wildman–Crippen LogP) is -0.175. The van der Waals surface area contributed by atoms with Gasteiger partial charge in [-0.05, 0) is 14.0 Å². The maximum Gasteiger partial charge on any atom is 0.318 e. The Morgan fingerprint density at radius 1 is 1.50 bits per heavy atom. The second kappa shape index (κ2) is 5.05. The van der Waals surface area contributed by atoms with Crippen LogP contribution < -0.4 is 10.6 Å². The first-order valence-electron chi connectivity index (χ1n) is 3.37. The summed E-state index contributed by atoms with van der Waals surface area (Å²) >= 11 is 0. The lowest BCUT2D eigenvalue weighted by Crippen LogP contribution is -2.42. The van der Waals surface area contributed by atoms with Gasteiger partial charge >= 0.3 is 6.03 Å². The van der Waals surface area contributed by atoms with E-state index in [-0.39, 0.29) is 6.03 Å². The second-order valence-corrected chi connectivity index (χ2v) is 1.92. The standard InChI is InChI=1S/C6H15N3O/c1-4-9(5-7-2)6(10)8-3/h7H,4-5H2,1-3H3,(H,8,10).